The Kier molecular flexibility index (Phi) is 3.43. The van der Waals surface area contributed by atoms with Crippen molar-refractivity contribution >= 4 is 12.3 Å². The van der Waals surface area contributed by atoms with Crippen LogP contribution in [-0.4, -0.2) is 15.1 Å². The molecule has 0 radical (unpaired) electrons. The van der Waals surface area contributed by atoms with Gasteiger partial charge in [0.1, 0.15) is 11.5 Å². The molecule has 3 rings (SSSR count). The maximum atomic E-state index is 9.46. The highest BCUT2D eigenvalue weighted by Gasteiger charge is 1.98. The lowest BCUT2D eigenvalue weighted by molar-refractivity contribution is 0.450. The molecular formula is C17H14N2O2. The van der Waals surface area contributed by atoms with Gasteiger partial charge in [0.05, 0.1) is 5.36 Å². The van der Waals surface area contributed by atoms with Crippen molar-refractivity contribution in [2.45, 2.75) is 0 Å². The number of aromatic hydroxyl groups is 2. The zero-order valence-corrected chi connectivity index (χ0v) is 11.2. The number of benzene rings is 2. The van der Waals surface area contributed by atoms with E-state index in [1.165, 1.54) is 6.07 Å². The molecule has 0 fully saturated rings. The van der Waals surface area contributed by atoms with Crippen LogP contribution in [0.5, 0.6) is 11.5 Å². The Balaban J connectivity index is 1.91. The molecule has 0 amide bonds. The SMILES string of the molecule is Oc1cc(O)cc(/C=C/N2C=CN=c3ccccc3=C2)c1. The van der Waals surface area contributed by atoms with Gasteiger partial charge in [-0.25, -0.2) is 0 Å². The minimum absolute atomic E-state index is 0.0328. The second kappa shape index (κ2) is 5.54. The van der Waals surface area contributed by atoms with Gasteiger partial charge in [0.25, 0.3) is 0 Å². The summed E-state index contributed by atoms with van der Waals surface area (Å²) in [6.45, 7) is 0. The first-order chi connectivity index (χ1) is 10.2. The zero-order chi connectivity index (χ0) is 14.7. The summed E-state index contributed by atoms with van der Waals surface area (Å²) in [5, 5.41) is 20.9. The Morgan fingerprint density at radius 3 is 2.57 bits per heavy atom. The highest BCUT2D eigenvalue weighted by molar-refractivity contribution is 5.55. The Morgan fingerprint density at radius 1 is 1.00 bits per heavy atom. The van der Waals surface area contributed by atoms with Crippen LogP contribution in [0.25, 0.3) is 12.3 Å². The number of hydrogen-bond acceptors (Lipinski definition) is 4. The number of para-hydroxylation sites is 1. The van der Waals surface area contributed by atoms with E-state index in [2.05, 4.69) is 4.99 Å². The molecule has 0 saturated carbocycles. The summed E-state index contributed by atoms with van der Waals surface area (Å²) in [6.07, 6.45) is 9.16. The van der Waals surface area contributed by atoms with Crippen LogP contribution in [0, 0.1) is 0 Å². The van der Waals surface area contributed by atoms with Crippen LogP contribution in [0.2, 0.25) is 0 Å². The molecule has 0 aromatic heterocycles. The molecule has 0 spiro atoms. The van der Waals surface area contributed by atoms with Gasteiger partial charge in [-0.3, -0.25) is 4.99 Å². The molecule has 0 aliphatic carbocycles. The van der Waals surface area contributed by atoms with E-state index in [1.54, 1.807) is 24.4 Å². The molecule has 0 unspecified atom stereocenters. The van der Waals surface area contributed by atoms with Crippen LogP contribution in [0.4, 0.5) is 0 Å². The minimum Gasteiger partial charge on any atom is -0.508 e. The van der Waals surface area contributed by atoms with Crippen LogP contribution >= 0.6 is 0 Å². The molecule has 4 heteroatoms. The normalized spacial score (nSPS) is 13.4. The third-order valence-electron chi connectivity index (χ3n) is 3.04. The fraction of sp³-hybridized carbons (Fsp3) is 0. The third-order valence-corrected chi connectivity index (χ3v) is 3.04. The first-order valence-corrected chi connectivity index (χ1v) is 6.51. The Morgan fingerprint density at radius 2 is 1.76 bits per heavy atom. The smallest absolute Gasteiger partial charge is 0.119 e. The van der Waals surface area contributed by atoms with Crippen LogP contribution in [0.3, 0.4) is 0 Å². The first kappa shape index (κ1) is 13.0. The molecule has 0 atom stereocenters. The van der Waals surface area contributed by atoms with Crippen molar-refractivity contribution in [3.8, 4) is 11.5 Å². The van der Waals surface area contributed by atoms with E-state index >= 15 is 0 Å². The predicted molar refractivity (Wildman–Crippen MR) is 81.5 cm³/mol. The van der Waals surface area contributed by atoms with E-state index in [0.717, 1.165) is 10.6 Å². The molecule has 0 saturated heterocycles. The third kappa shape index (κ3) is 3.12. The van der Waals surface area contributed by atoms with Gasteiger partial charge in [-0.05, 0) is 29.8 Å². The molecule has 21 heavy (non-hydrogen) atoms. The maximum Gasteiger partial charge on any atom is 0.119 e. The second-order valence-corrected chi connectivity index (χ2v) is 4.66. The fourth-order valence-corrected chi connectivity index (χ4v) is 2.09. The molecule has 2 N–H and O–H groups in total. The zero-order valence-electron chi connectivity index (χ0n) is 11.2. The number of phenols is 2. The molecule has 104 valence electrons. The monoisotopic (exact) mass is 278 g/mol. The molecule has 1 heterocycles. The number of rotatable bonds is 2. The summed E-state index contributed by atoms with van der Waals surface area (Å²) in [6, 6.07) is 12.3. The quantitative estimate of drug-likeness (QED) is 0.882. The van der Waals surface area contributed by atoms with Crippen molar-refractivity contribution in [3.63, 3.8) is 0 Å². The Hall–Kier alpha value is -3.01. The number of hydrogen-bond donors (Lipinski definition) is 2. The van der Waals surface area contributed by atoms with Gasteiger partial charge in [0.2, 0.25) is 0 Å². The topological polar surface area (TPSA) is 56.1 Å². The van der Waals surface area contributed by atoms with E-state index in [0.29, 0.717) is 5.56 Å². The van der Waals surface area contributed by atoms with Crippen molar-refractivity contribution in [1.29, 1.82) is 0 Å². The van der Waals surface area contributed by atoms with Crippen LogP contribution in [-0.2, 0) is 0 Å². The summed E-state index contributed by atoms with van der Waals surface area (Å²) >= 11 is 0. The van der Waals surface area contributed by atoms with E-state index in [1.807, 2.05) is 47.8 Å². The maximum absolute atomic E-state index is 9.46. The molecule has 0 bridgehead atoms. The van der Waals surface area contributed by atoms with Gasteiger partial charge in [-0.1, -0.05) is 18.2 Å². The lowest BCUT2D eigenvalue weighted by Crippen LogP contribution is -2.24. The summed E-state index contributed by atoms with van der Waals surface area (Å²) < 4.78 is 0. The van der Waals surface area contributed by atoms with Gasteiger partial charge in [-0.2, -0.15) is 0 Å². The van der Waals surface area contributed by atoms with Crippen LogP contribution in [0.15, 0.2) is 66.1 Å². The van der Waals surface area contributed by atoms with Crippen molar-refractivity contribution < 1.29 is 10.2 Å². The van der Waals surface area contributed by atoms with Crippen molar-refractivity contribution in [2.75, 3.05) is 0 Å². The molecule has 2 aromatic rings. The number of nitrogens with zero attached hydrogens (tertiary/aromatic N) is 2. The van der Waals surface area contributed by atoms with Crippen molar-refractivity contribution in [1.82, 2.24) is 4.90 Å². The second-order valence-electron chi connectivity index (χ2n) is 4.66. The molecule has 1 aliphatic rings. The van der Waals surface area contributed by atoms with E-state index in [-0.39, 0.29) is 11.5 Å². The van der Waals surface area contributed by atoms with Crippen molar-refractivity contribution in [2.24, 2.45) is 4.99 Å². The summed E-state index contributed by atoms with van der Waals surface area (Å²) in [5.74, 6) is 0.0655. The molecule has 1 aliphatic heterocycles. The lowest BCUT2D eigenvalue weighted by Gasteiger charge is -2.07. The molecule has 4 nitrogen and oxygen atoms in total. The summed E-state index contributed by atoms with van der Waals surface area (Å²) in [5.41, 5.74) is 0.712. The minimum atomic E-state index is 0.0328. The molecular weight excluding hydrogens is 264 g/mol. The Bertz CT molecular complexity index is 818. The first-order valence-electron chi connectivity index (χ1n) is 6.51. The van der Waals surface area contributed by atoms with Gasteiger partial charge in [0.15, 0.2) is 0 Å². The highest BCUT2D eigenvalue weighted by Crippen LogP contribution is 2.21. The fourth-order valence-electron chi connectivity index (χ4n) is 2.09. The van der Waals surface area contributed by atoms with Crippen LogP contribution < -0.4 is 10.6 Å². The largest absolute Gasteiger partial charge is 0.508 e. The molecule has 2 aromatic carbocycles. The summed E-state index contributed by atoms with van der Waals surface area (Å²) in [4.78, 5) is 6.22. The number of phenolic OH excluding ortho intramolecular Hbond substituents is 2. The van der Waals surface area contributed by atoms with Gasteiger partial charge in [-0.15, -0.1) is 0 Å². The van der Waals surface area contributed by atoms with E-state index in [4.69, 9.17) is 0 Å². The average Bonchev–Trinajstić information content (AvgIpc) is 2.66. The summed E-state index contributed by atoms with van der Waals surface area (Å²) in [7, 11) is 0. The Labute approximate surface area is 121 Å². The van der Waals surface area contributed by atoms with Gasteiger partial charge >= 0.3 is 0 Å². The van der Waals surface area contributed by atoms with Gasteiger partial charge < -0.3 is 15.1 Å². The van der Waals surface area contributed by atoms with E-state index < -0.39 is 0 Å². The van der Waals surface area contributed by atoms with E-state index in [9.17, 15) is 10.2 Å². The van der Waals surface area contributed by atoms with Crippen LogP contribution in [0.1, 0.15) is 5.56 Å². The number of fused-ring (bicyclic) bond motifs is 1. The standard InChI is InChI=1S/C17H14N2O2/c20-15-9-13(10-16(21)11-15)5-7-19-8-6-18-17-4-2-1-3-14(17)12-19/h1-12,20-21H/b7-5+. The average molecular weight is 278 g/mol. The lowest BCUT2D eigenvalue weighted by atomic mass is 10.2. The van der Waals surface area contributed by atoms with Crippen molar-refractivity contribution in [3.05, 3.63) is 77.2 Å². The highest BCUT2D eigenvalue weighted by atomic mass is 16.3. The predicted octanol–water partition coefficient (Wildman–Crippen LogP) is 1.91. The van der Waals surface area contributed by atoms with Gasteiger partial charge in [0, 0.05) is 36.1 Å².